The maximum atomic E-state index is 12.7. The standard InChI is InChI=1S/C19H26N4O4/c1-13(2)5-10-23-15-4-3-14(18(23)26)11-22(12-15)17(25)7-9-21-8-6-16(24)20-19(21)27/h5-6,8,14-15H,3-4,7,9-12H2,1-2H3,(H,20,24,27)/t14-,15+/m0/s1. The lowest BCUT2D eigenvalue weighted by molar-refractivity contribution is -0.139. The lowest BCUT2D eigenvalue weighted by Crippen LogP contribution is -2.48. The maximum absolute atomic E-state index is 12.7. The van der Waals surface area contributed by atoms with Crippen LogP contribution in [0.4, 0.5) is 0 Å². The molecular weight excluding hydrogens is 348 g/mol. The molecule has 0 unspecified atom stereocenters. The average molecular weight is 374 g/mol. The van der Waals surface area contributed by atoms with Crippen LogP contribution < -0.4 is 11.2 Å². The van der Waals surface area contributed by atoms with Crippen LogP contribution in [0.1, 0.15) is 33.1 Å². The van der Waals surface area contributed by atoms with E-state index in [4.69, 9.17) is 0 Å². The van der Waals surface area contributed by atoms with Crippen molar-refractivity contribution < 1.29 is 9.59 Å². The Kier molecular flexibility index (Phi) is 5.62. The summed E-state index contributed by atoms with van der Waals surface area (Å²) >= 11 is 0. The number of aromatic amines is 1. The van der Waals surface area contributed by atoms with E-state index in [9.17, 15) is 19.2 Å². The first-order valence-corrected chi connectivity index (χ1v) is 9.36. The van der Waals surface area contributed by atoms with Crippen LogP contribution in [0.3, 0.4) is 0 Å². The molecule has 1 aromatic heterocycles. The Balaban J connectivity index is 1.66. The van der Waals surface area contributed by atoms with Crippen LogP contribution in [0.15, 0.2) is 33.5 Å². The van der Waals surface area contributed by atoms with Crippen LogP contribution in [0.2, 0.25) is 0 Å². The number of allylic oxidation sites excluding steroid dienone is 1. The first kappa shape index (κ1) is 19.1. The normalized spacial score (nSPS) is 21.9. The number of aromatic nitrogens is 2. The summed E-state index contributed by atoms with van der Waals surface area (Å²) in [6.07, 6.45) is 5.33. The number of hydrogen-bond donors (Lipinski definition) is 1. The van der Waals surface area contributed by atoms with Crippen LogP contribution in [0, 0.1) is 5.92 Å². The van der Waals surface area contributed by atoms with Gasteiger partial charge < -0.3 is 14.4 Å². The number of nitrogens with zero attached hydrogens (tertiary/aromatic N) is 3. The smallest absolute Gasteiger partial charge is 0.328 e. The van der Waals surface area contributed by atoms with Gasteiger partial charge in [-0.3, -0.25) is 19.4 Å². The van der Waals surface area contributed by atoms with Gasteiger partial charge in [-0.05, 0) is 26.7 Å². The third-order valence-electron chi connectivity index (χ3n) is 5.31. The number of fused-ring (bicyclic) bond motifs is 4. The summed E-state index contributed by atoms with van der Waals surface area (Å²) in [7, 11) is 0. The lowest BCUT2D eigenvalue weighted by atomic mass is 9.94. The van der Waals surface area contributed by atoms with E-state index in [1.54, 1.807) is 4.90 Å². The molecule has 0 aliphatic carbocycles. The summed E-state index contributed by atoms with van der Waals surface area (Å²) in [6.45, 7) is 5.80. The Hall–Kier alpha value is -2.64. The fraction of sp³-hybridized carbons (Fsp3) is 0.579. The van der Waals surface area contributed by atoms with E-state index in [0.29, 0.717) is 19.6 Å². The Labute approximate surface area is 157 Å². The topological polar surface area (TPSA) is 95.5 Å². The minimum atomic E-state index is -0.519. The van der Waals surface area contributed by atoms with Crippen molar-refractivity contribution in [1.82, 2.24) is 19.4 Å². The fourth-order valence-electron chi connectivity index (χ4n) is 3.76. The Bertz CT molecular complexity index is 865. The predicted octanol–water partition coefficient (Wildman–Crippen LogP) is 0.342. The minimum absolute atomic E-state index is 0.0478. The van der Waals surface area contributed by atoms with Crippen molar-refractivity contribution in [3.8, 4) is 0 Å². The van der Waals surface area contributed by atoms with Gasteiger partial charge in [0.25, 0.3) is 5.56 Å². The molecule has 2 bridgehead atoms. The van der Waals surface area contributed by atoms with E-state index < -0.39 is 11.2 Å². The molecule has 3 saturated heterocycles. The number of hydrogen-bond acceptors (Lipinski definition) is 4. The molecular formula is C19H26N4O4. The van der Waals surface area contributed by atoms with Gasteiger partial charge in [-0.25, -0.2) is 4.79 Å². The second-order valence-electron chi connectivity index (χ2n) is 7.55. The number of aryl methyl sites for hydroxylation is 1. The zero-order valence-corrected chi connectivity index (χ0v) is 15.8. The minimum Gasteiger partial charge on any atom is -0.340 e. The van der Waals surface area contributed by atoms with Gasteiger partial charge in [0.15, 0.2) is 0 Å². The molecule has 8 nitrogen and oxygen atoms in total. The largest absolute Gasteiger partial charge is 0.340 e. The highest BCUT2D eigenvalue weighted by Gasteiger charge is 2.41. The molecule has 2 atom stereocenters. The van der Waals surface area contributed by atoms with Gasteiger partial charge in [-0.2, -0.15) is 0 Å². The molecule has 3 aliphatic rings. The molecule has 0 aromatic carbocycles. The molecule has 4 rings (SSSR count). The maximum Gasteiger partial charge on any atom is 0.328 e. The van der Waals surface area contributed by atoms with Crippen molar-refractivity contribution in [3.63, 3.8) is 0 Å². The van der Waals surface area contributed by atoms with Crippen molar-refractivity contribution in [2.45, 2.75) is 45.7 Å². The van der Waals surface area contributed by atoms with Crippen molar-refractivity contribution in [1.29, 1.82) is 0 Å². The van der Waals surface area contributed by atoms with E-state index in [1.165, 1.54) is 22.4 Å². The molecule has 1 aromatic rings. The highest BCUT2D eigenvalue weighted by atomic mass is 16.2. The first-order valence-electron chi connectivity index (χ1n) is 9.36. The van der Waals surface area contributed by atoms with E-state index in [2.05, 4.69) is 4.98 Å². The second-order valence-corrected chi connectivity index (χ2v) is 7.55. The number of carbonyl (C=O) groups excluding carboxylic acids is 2. The number of carbonyl (C=O) groups is 2. The quantitative estimate of drug-likeness (QED) is 0.752. The van der Waals surface area contributed by atoms with Crippen molar-refractivity contribution in [2.24, 2.45) is 5.92 Å². The predicted molar refractivity (Wildman–Crippen MR) is 100 cm³/mol. The SMILES string of the molecule is CC(C)=CCN1C(=O)[C@H]2CC[C@@H]1CN(C(=O)CCn1ccc(=O)[nH]c1=O)C2. The summed E-state index contributed by atoms with van der Waals surface area (Å²) in [6, 6.07) is 1.31. The van der Waals surface area contributed by atoms with E-state index in [0.717, 1.165) is 12.8 Å². The summed E-state index contributed by atoms with van der Waals surface area (Å²) in [5.74, 6) is -0.0770. The van der Waals surface area contributed by atoms with E-state index in [1.807, 2.05) is 24.8 Å². The Morgan fingerprint density at radius 1 is 1.22 bits per heavy atom. The van der Waals surface area contributed by atoms with E-state index >= 15 is 0 Å². The molecule has 2 amide bonds. The highest BCUT2D eigenvalue weighted by Crippen LogP contribution is 2.29. The number of rotatable bonds is 5. The molecule has 27 heavy (non-hydrogen) atoms. The van der Waals surface area contributed by atoms with Gasteiger partial charge >= 0.3 is 5.69 Å². The monoisotopic (exact) mass is 374 g/mol. The zero-order valence-electron chi connectivity index (χ0n) is 15.8. The van der Waals surface area contributed by atoms with Gasteiger partial charge in [-0.15, -0.1) is 0 Å². The van der Waals surface area contributed by atoms with Crippen molar-refractivity contribution in [2.75, 3.05) is 19.6 Å². The van der Waals surface area contributed by atoms with Crippen LogP contribution in [-0.2, 0) is 16.1 Å². The number of H-pyrrole nitrogens is 1. The second kappa shape index (κ2) is 7.94. The summed E-state index contributed by atoms with van der Waals surface area (Å²) in [5.41, 5.74) is 0.193. The van der Waals surface area contributed by atoms with Crippen molar-refractivity contribution in [3.05, 3.63) is 44.8 Å². The molecule has 146 valence electrons. The lowest BCUT2D eigenvalue weighted by Gasteiger charge is -2.35. The van der Waals surface area contributed by atoms with Crippen LogP contribution in [0.25, 0.3) is 0 Å². The summed E-state index contributed by atoms with van der Waals surface area (Å²) in [5, 5.41) is 0. The third-order valence-corrected chi connectivity index (χ3v) is 5.31. The molecule has 3 aliphatic heterocycles. The number of amides is 2. The van der Waals surface area contributed by atoms with Gasteiger partial charge in [0, 0.05) is 50.9 Å². The molecule has 0 saturated carbocycles. The highest BCUT2D eigenvalue weighted by molar-refractivity contribution is 5.83. The summed E-state index contributed by atoms with van der Waals surface area (Å²) < 4.78 is 1.32. The first-order chi connectivity index (χ1) is 12.8. The van der Waals surface area contributed by atoms with Crippen molar-refractivity contribution >= 4 is 11.8 Å². The zero-order chi connectivity index (χ0) is 19.6. The van der Waals surface area contributed by atoms with Crippen LogP contribution in [0.5, 0.6) is 0 Å². The summed E-state index contributed by atoms with van der Waals surface area (Å²) in [4.78, 5) is 54.1. The number of nitrogens with one attached hydrogen (secondary N) is 1. The van der Waals surface area contributed by atoms with Gasteiger partial charge in [0.1, 0.15) is 0 Å². The molecule has 0 spiro atoms. The third kappa shape index (κ3) is 4.37. The van der Waals surface area contributed by atoms with Gasteiger partial charge in [0.2, 0.25) is 11.8 Å². The van der Waals surface area contributed by atoms with Crippen LogP contribution in [-0.4, -0.2) is 56.8 Å². The molecule has 8 heteroatoms. The molecule has 1 N–H and O–H groups in total. The average Bonchev–Trinajstić information content (AvgIpc) is 2.90. The van der Waals surface area contributed by atoms with Gasteiger partial charge in [-0.1, -0.05) is 11.6 Å². The fourth-order valence-corrected chi connectivity index (χ4v) is 3.76. The Morgan fingerprint density at radius 3 is 2.70 bits per heavy atom. The molecule has 4 heterocycles. The Morgan fingerprint density at radius 2 is 2.00 bits per heavy atom. The number of piperidine rings is 1. The molecule has 0 radical (unpaired) electrons. The van der Waals surface area contributed by atoms with Gasteiger partial charge in [0.05, 0.1) is 5.92 Å². The van der Waals surface area contributed by atoms with Crippen LogP contribution >= 0.6 is 0 Å². The van der Waals surface area contributed by atoms with E-state index in [-0.39, 0.29) is 36.7 Å². The molecule has 3 fully saturated rings.